The molecule has 33 heavy (non-hydrogen) atoms. The molecule has 0 bridgehead atoms. The summed E-state index contributed by atoms with van der Waals surface area (Å²) in [5.74, 6) is -1.63. The summed E-state index contributed by atoms with van der Waals surface area (Å²) in [6.07, 6.45) is -0.334. The molecule has 8 nitrogen and oxygen atoms in total. The van der Waals surface area contributed by atoms with Gasteiger partial charge in [-0.15, -0.1) is 0 Å². The number of carboxylic acid groups (broad SMARTS) is 1. The molecule has 2 aromatic heterocycles. The van der Waals surface area contributed by atoms with Gasteiger partial charge in [-0.1, -0.05) is 6.07 Å². The average Bonchev–Trinajstić information content (AvgIpc) is 3.21. The maximum absolute atomic E-state index is 12.9. The zero-order chi connectivity index (χ0) is 23.8. The predicted molar refractivity (Wildman–Crippen MR) is 112 cm³/mol. The maximum atomic E-state index is 12.9. The molecule has 1 aliphatic rings. The third-order valence-corrected chi connectivity index (χ3v) is 5.78. The molecule has 3 aromatic rings. The molecule has 0 spiro atoms. The fourth-order valence-electron chi connectivity index (χ4n) is 4.02. The van der Waals surface area contributed by atoms with Gasteiger partial charge in [0.15, 0.2) is 0 Å². The Morgan fingerprint density at radius 1 is 1.18 bits per heavy atom. The number of hydrogen-bond donors (Lipinski definition) is 2. The smallest absolute Gasteiger partial charge is 0.433 e. The molecule has 2 N–H and O–H groups in total. The summed E-state index contributed by atoms with van der Waals surface area (Å²) in [7, 11) is 1.41. The van der Waals surface area contributed by atoms with Crippen LogP contribution in [0.5, 0.6) is 5.75 Å². The standard InChI is InChI=1S/C22H21F3N4O4/c1-33-18-10-16-13(11-29(28-16)14-7-5-12(6-8-14)21(31)32)9-17(18)27-20(30)15-3-2-4-19(26-15)22(23,24)25/h2-4,9-12,14H,5-8H2,1H3,(H,27,30)(H,31,32)/t12-,14-. The highest BCUT2D eigenvalue weighted by Gasteiger charge is 2.33. The summed E-state index contributed by atoms with van der Waals surface area (Å²) in [6.45, 7) is 0. The maximum Gasteiger partial charge on any atom is 0.433 e. The van der Waals surface area contributed by atoms with E-state index in [4.69, 9.17) is 4.74 Å². The Bertz CT molecular complexity index is 1200. The van der Waals surface area contributed by atoms with Crippen molar-refractivity contribution < 1.29 is 32.6 Å². The number of aliphatic carboxylic acids is 1. The van der Waals surface area contributed by atoms with E-state index < -0.39 is 23.7 Å². The van der Waals surface area contributed by atoms with E-state index in [-0.39, 0.29) is 23.3 Å². The molecule has 1 amide bonds. The van der Waals surface area contributed by atoms with Crippen LogP contribution < -0.4 is 10.1 Å². The number of ether oxygens (including phenoxy) is 1. The minimum Gasteiger partial charge on any atom is -0.494 e. The van der Waals surface area contributed by atoms with Crippen LogP contribution in [0.2, 0.25) is 0 Å². The number of aromatic nitrogens is 3. The molecule has 4 rings (SSSR count). The van der Waals surface area contributed by atoms with Gasteiger partial charge in [-0.05, 0) is 43.9 Å². The Morgan fingerprint density at radius 3 is 2.55 bits per heavy atom. The van der Waals surface area contributed by atoms with Gasteiger partial charge < -0.3 is 15.2 Å². The number of carbonyl (C=O) groups excluding carboxylic acids is 1. The first-order valence-corrected chi connectivity index (χ1v) is 10.3. The van der Waals surface area contributed by atoms with Gasteiger partial charge in [0.05, 0.1) is 30.3 Å². The zero-order valence-corrected chi connectivity index (χ0v) is 17.6. The van der Waals surface area contributed by atoms with E-state index in [1.807, 2.05) is 0 Å². The van der Waals surface area contributed by atoms with Gasteiger partial charge in [-0.25, -0.2) is 4.98 Å². The lowest BCUT2D eigenvalue weighted by atomic mass is 9.86. The number of benzene rings is 1. The van der Waals surface area contributed by atoms with E-state index in [9.17, 15) is 27.9 Å². The Labute approximate surface area is 186 Å². The SMILES string of the molecule is COc1cc2nn([C@H]3CC[C@H](C(=O)O)CC3)cc2cc1NC(=O)c1cccc(C(F)(F)F)n1. The van der Waals surface area contributed by atoms with Crippen molar-refractivity contribution in [1.29, 1.82) is 0 Å². The van der Waals surface area contributed by atoms with E-state index in [0.717, 1.165) is 12.1 Å². The summed E-state index contributed by atoms with van der Waals surface area (Å²) in [5.41, 5.74) is -0.653. The zero-order valence-electron chi connectivity index (χ0n) is 17.6. The lowest BCUT2D eigenvalue weighted by Gasteiger charge is -2.26. The molecule has 0 aliphatic heterocycles. The number of halogens is 3. The monoisotopic (exact) mass is 462 g/mol. The Morgan fingerprint density at radius 2 is 1.91 bits per heavy atom. The highest BCUT2D eigenvalue weighted by Crippen LogP contribution is 2.35. The Hall–Kier alpha value is -3.63. The van der Waals surface area contributed by atoms with E-state index in [1.54, 1.807) is 23.0 Å². The number of nitrogens with zero attached hydrogens (tertiary/aromatic N) is 3. The summed E-state index contributed by atoms with van der Waals surface area (Å²) < 4.78 is 45.9. The molecular weight excluding hydrogens is 441 g/mol. The molecule has 1 aliphatic carbocycles. The number of pyridine rings is 1. The first-order chi connectivity index (χ1) is 15.7. The highest BCUT2D eigenvalue weighted by atomic mass is 19.4. The third-order valence-electron chi connectivity index (χ3n) is 5.78. The lowest BCUT2D eigenvalue weighted by molar-refractivity contribution is -0.143. The third kappa shape index (κ3) is 4.76. The van der Waals surface area contributed by atoms with Gasteiger partial charge in [0.25, 0.3) is 5.91 Å². The van der Waals surface area contributed by atoms with Crippen LogP contribution in [-0.2, 0) is 11.0 Å². The second-order valence-electron chi connectivity index (χ2n) is 7.92. The van der Waals surface area contributed by atoms with Crippen LogP contribution in [0.25, 0.3) is 10.9 Å². The number of methoxy groups -OCH3 is 1. The fourth-order valence-corrected chi connectivity index (χ4v) is 4.02. The van der Waals surface area contributed by atoms with E-state index in [0.29, 0.717) is 42.3 Å². The summed E-state index contributed by atoms with van der Waals surface area (Å²) in [4.78, 5) is 27.1. The molecule has 2 heterocycles. The van der Waals surface area contributed by atoms with E-state index >= 15 is 0 Å². The predicted octanol–water partition coefficient (Wildman–Crippen LogP) is 4.53. The van der Waals surface area contributed by atoms with Gasteiger partial charge in [0.1, 0.15) is 17.1 Å². The van der Waals surface area contributed by atoms with Crippen LogP contribution in [0.3, 0.4) is 0 Å². The number of alkyl halides is 3. The normalized spacial score (nSPS) is 18.8. The molecule has 0 atom stereocenters. The Kier molecular flexibility index (Phi) is 5.96. The topological polar surface area (TPSA) is 106 Å². The van der Waals surface area contributed by atoms with Gasteiger partial charge in [0.2, 0.25) is 0 Å². The first kappa shape index (κ1) is 22.6. The van der Waals surface area contributed by atoms with Crippen molar-refractivity contribution in [2.45, 2.75) is 37.9 Å². The molecule has 174 valence electrons. The van der Waals surface area contributed by atoms with Crippen LogP contribution in [0.4, 0.5) is 18.9 Å². The number of amides is 1. The van der Waals surface area contributed by atoms with Crippen molar-refractivity contribution in [3.05, 3.63) is 47.9 Å². The van der Waals surface area contributed by atoms with Crippen molar-refractivity contribution in [2.24, 2.45) is 5.92 Å². The van der Waals surface area contributed by atoms with Crippen LogP contribution in [0.1, 0.15) is 47.9 Å². The van der Waals surface area contributed by atoms with Gasteiger partial charge in [-0.3, -0.25) is 14.3 Å². The van der Waals surface area contributed by atoms with Crippen molar-refractivity contribution >= 4 is 28.5 Å². The number of anilines is 1. The van der Waals surface area contributed by atoms with Crippen molar-refractivity contribution in [3.63, 3.8) is 0 Å². The number of carboxylic acids is 1. The van der Waals surface area contributed by atoms with Crippen molar-refractivity contribution in [1.82, 2.24) is 14.8 Å². The number of nitrogens with one attached hydrogen (secondary N) is 1. The van der Waals surface area contributed by atoms with E-state index in [2.05, 4.69) is 15.4 Å². The van der Waals surface area contributed by atoms with Crippen LogP contribution >= 0.6 is 0 Å². The van der Waals surface area contributed by atoms with Crippen molar-refractivity contribution in [2.75, 3.05) is 12.4 Å². The summed E-state index contributed by atoms with van der Waals surface area (Å²) >= 11 is 0. The van der Waals surface area contributed by atoms with Crippen LogP contribution in [0.15, 0.2) is 36.5 Å². The van der Waals surface area contributed by atoms with E-state index in [1.165, 1.54) is 13.2 Å². The highest BCUT2D eigenvalue weighted by molar-refractivity contribution is 6.05. The molecular formula is C22H21F3N4O4. The molecule has 11 heteroatoms. The number of carbonyl (C=O) groups is 2. The quantitative estimate of drug-likeness (QED) is 0.577. The molecule has 1 fully saturated rings. The van der Waals surface area contributed by atoms with Crippen LogP contribution in [-0.4, -0.2) is 38.9 Å². The molecule has 1 saturated carbocycles. The number of fused-ring (bicyclic) bond motifs is 1. The van der Waals surface area contributed by atoms with Crippen molar-refractivity contribution in [3.8, 4) is 5.75 Å². The van der Waals surface area contributed by atoms with Crippen LogP contribution in [0, 0.1) is 5.92 Å². The average molecular weight is 462 g/mol. The largest absolute Gasteiger partial charge is 0.494 e. The minimum atomic E-state index is -4.66. The molecule has 1 aromatic carbocycles. The van der Waals surface area contributed by atoms with Gasteiger partial charge in [0, 0.05) is 17.6 Å². The molecule has 0 radical (unpaired) electrons. The lowest BCUT2D eigenvalue weighted by Crippen LogP contribution is -2.23. The first-order valence-electron chi connectivity index (χ1n) is 10.3. The minimum absolute atomic E-state index is 0.0614. The van der Waals surface area contributed by atoms with Gasteiger partial charge in [-0.2, -0.15) is 18.3 Å². The molecule has 0 saturated heterocycles. The number of rotatable bonds is 5. The molecule has 0 unspecified atom stereocenters. The summed E-state index contributed by atoms with van der Waals surface area (Å²) in [6, 6.07) is 6.43. The summed E-state index contributed by atoms with van der Waals surface area (Å²) in [5, 5.41) is 17.0. The second-order valence-corrected chi connectivity index (χ2v) is 7.92. The second kappa shape index (κ2) is 8.72. The van der Waals surface area contributed by atoms with Gasteiger partial charge >= 0.3 is 12.1 Å². The fraction of sp³-hybridized carbons (Fsp3) is 0.364. The number of hydrogen-bond acceptors (Lipinski definition) is 5. The Balaban J connectivity index is 1.57.